The first kappa shape index (κ1) is 8.54. The van der Waals surface area contributed by atoms with Crippen LogP contribution in [0.4, 0.5) is 11.8 Å². The van der Waals surface area contributed by atoms with Crippen molar-refractivity contribution in [1.82, 2.24) is 9.97 Å². The zero-order valence-corrected chi connectivity index (χ0v) is 6.50. The maximum absolute atomic E-state index is 11.1. The van der Waals surface area contributed by atoms with E-state index in [4.69, 9.17) is 17.2 Å². The molecule has 0 aromatic carbocycles. The van der Waals surface area contributed by atoms with E-state index in [0.717, 1.165) is 0 Å². The van der Waals surface area contributed by atoms with Crippen LogP contribution < -0.4 is 22.8 Å². The highest BCUT2D eigenvalue weighted by molar-refractivity contribution is 5.41. The standard InChI is InChI=1S/C6H11N5O/c7-2-1-3-4(8)10-6(9)11-5(3)12/h1-2,7H2,(H5,8,9,10,11,12). The van der Waals surface area contributed by atoms with Gasteiger partial charge in [-0.05, 0) is 13.0 Å². The summed E-state index contributed by atoms with van der Waals surface area (Å²) in [5, 5.41) is 0. The first-order valence-corrected chi connectivity index (χ1v) is 3.49. The van der Waals surface area contributed by atoms with Crippen molar-refractivity contribution in [2.75, 3.05) is 18.0 Å². The number of hydrogen-bond acceptors (Lipinski definition) is 5. The van der Waals surface area contributed by atoms with E-state index in [1.54, 1.807) is 0 Å². The van der Waals surface area contributed by atoms with Crippen molar-refractivity contribution < 1.29 is 0 Å². The summed E-state index contributed by atoms with van der Waals surface area (Å²) in [4.78, 5) is 17.2. The molecule has 0 fully saturated rings. The van der Waals surface area contributed by atoms with E-state index in [9.17, 15) is 4.79 Å². The van der Waals surface area contributed by atoms with Gasteiger partial charge in [0, 0.05) is 0 Å². The lowest BCUT2D eigenvalue weighted by atomic mass is 10.2. The minimum Gasteiger partial charge on any atom is -0.383 e. The van der Waals surface area contributed by atoms with Gasteiger partial charge in [0.15, 0.2) is 0 Å². The molecule has 66 valence electrons. The fraction of sp³-hybridized carbons (Fsp3) is 0.333. The molecule has 1 aromatic heterocycles. The second-order valence-electron chi connectivity index (χ2n) is 2.35. The van der Waals surface area contributed by atoms with Crippen LogP contribution in [0.3, 0.4) is 0 Å². The maximum atomic E-state index is 11.1. The number of aromatic amines is 1. The van der Waals surface area contributed by atoms with Gasteiger partial charge in [-0.2, -0.15) is 4.98 Å². The van der Waals surface area contributed by atoms with Crippen LogP contribution in [0.5, 0.6) is 0 Å². The summed E-state index contributed by atoms with van der Waals surface area (Å²) in [6.45, 7) is 0.360. The molecule has 6 nitrogen and oxygen atoms in total. The predicted octanol–water partition coefficient (Wildman–Crippen LogP) is -1.56. The van der Waals surface area contributed by atoms with Crippen LogP contribution in [0.25, 0.3) is 0 Å². The smallest absolute Gasteiger partial charge is 0.257 e. The van der Waals surface area contributed by atoms with Gasteiger partial charge >= 0.3 is 0 Å². The molecule has 1 heterocycles. The van der Waals surface area contributed by atoms with Gasteiger partial charge < -0.3 is 17.2 Å². The highest BCUT2D eigenvalue weighted by Gasteiger charge is 2.05. The summed E-state index contributed by atoms with van der Waals surface area (Å²) in [6, 6.07) is 0. The van der Waals surface area contributed by atoms with E-state index in [1.165, 1.54) is 0 Å². The number of nitrogens with one attached hydrogen (secondary N) is 1. The summed E-state index contributed by atoms with van der Waals surface area (Å²) in [6.07, 6.45) is 0.411. The maximum Gasteiger partial charge on any atom is 0.257 e. The highest BCUT2D eigenvalue weighted by atomic mass is 16.1. The molecule has 0 aliphatic heterocycles. The number of H-pyrrole nitrogens is 1. The third-order valence-electron chi connectivity index (χ3n) is 1.46. The first-order valence-electron chi connectivity index (χ1n) is 3.49. The van der Waals surface area contributed by atoms with Crippen molar-refractivity contribution in [3.8, 4) is 0 Å². The molecular formula is C6H11N5O. The minimum absolute atomic E-state index is 0.0262. The van der Waals surface area contributed by atoms with Gasteiger partial charge in [-0.1, -0.05) is 0 Å². The monoisotopic (exact) mass is 169 g/mol. The van der Waals surface area contributed by atoms with E-state index >= 15 is 0 Å². The van der Waals surface area contributed by atoms with Gasteiger partial charge in [-0.3, -0.25) is 9.78 Å². The molecule has 0 unspecified atom stereocenters. The van der Waals surface area contributed by atoms with Crippen molar-refractivity contribution >= 4 is 11.8 Å². The second-order valence-corrected chi connectivity index (χ2v) is 2.35. The molecule has 0 aliphatic rings. The van der Waals surface area contributed by atoms with Crippen molar-refractivity contribution in [3.05, 3.63) is 15.9 Å². The van der Waals surface area contributed by atoms with Gasteiger partial charge in [-0.25, -0.2) is 0 Å². The van der Waals surface area contributed by atoms with Crippen LogP contribution >= 0.6 is 0 Å². The molecular weight excluding hydrogens is 158 g/mol. The molecule has 0 bridgehead atoms. The molecule has 0 saturated heterocycles. The summed E-state index contributed by atoms with van der Waals surface area (Å²) in [5.74, 6) is 0.181. The van der Waals surface area contributed by atoms with Crippen molar-refractivity contribution in [2.24, 2.45) is 5.73 Å². The summed E-state index contributed by atoms with van der Waals surface area (Å²) in [7, 11) is 0. The van der Waals surface area contributed by atoms with Gasteiger partial charge in [0.05, 0.1) is 5.56 Å². The number of anilines is 2. The van der Waals surface area contributed by atoms with Crippen molar-refractivity contribution in [1.29, 1.82) is 0 Å². The lowest BCUT2D eigenvalue weighted by Gasteiger charge is -2.01. The number of rotatable bonds is 2. The van der Waals surface area contributed by atoms with E-state index in [-0.39, 0.29) is 17.3 Å². The fourth-order valence-corrected chi connectivity index (χ4v) is 0.919. The molecule has 0 spiro atoms. The quantitative estimate of drug-likeness (QED) is 0.426. The highest BCUT2D eigenvalue weighted by Crippen LogP contribution is 2.02. The number of hydrogen-bond donors (Lipinski definition) is 4. The Labute approximate surface area is 68.8 Å². The van der Waals surface area contributed by atoms with Gasteiger partial charge in [0.2, 0.25) is 5.95 Å². The second kappa shape index (κ2) is 3.22. The Bertz CT molecular complexity index is 331. The van der Waals surface area contributed by atoms with Crippen LogP contribution in [0.1, 0.15) is 5.56 Å². The third-order valence-corrected chi connectivity index (χ3v) is 1.46. The molecule has 0 radical (unpaired) electrons. The zero-order valence-electron chi connectivity index (χ0n) is 6.50. The normalized spacial score (nSPS) is 10.1. The largest absolute Gasteiger partial charge is 0.383 e. The first-order chi connectivity index (χ1) is 5.65. The summed E-state index contributed by atoms with van der Waals surface area (Å²) < 4.78 is 0. The van der Waals surface area contributed by atoms with E-state index < -0.39 is 0 Å². The average molecular weight is 169 g/mol. The Balaban J connectivity index is 3.19. The van der Waals surface area contributed by atoms with Crippen molar-refractivity contribution in [3.63, 3.8) is 0 Å². The summed E-state index contributed by atoms with van der Waals surface area (Å²) in [5.41, 5.74) is 16.0. The predicted molar refractivity (Wildman–Crippen MR) is 46.4 cm³/mol. The molecule has 0 amide bonds. The molecule has 6 heteroatoms. The molecule has 0 atom stereocenters. The van der Waals surface area contributed by atoms with Crippen LogP contribution in [0.2, 0.25) is 0 Å². The Morgan fingerprint density at radius 1 is 1.42 bits per heavy atom. The van der Waals surface area contributed by atoms with E-state index in [0.29, 0.717) is 18.5 Å². The molecule has 7 N–H and O–H groups in total. The van der Waals surface area contributed by atoms with E-state index in [1.807, 2.05) is 0 Å². The SMILES string of the molecule is NCCc1c(N)nc(N)[nH]c1=O. The molecule has 0 saturated carbocycles. The van der Waals surface area contributed by atoms with Crippen LogP contribution in [0.15, 0.2) is 4.79 Å². The van der Waals surface area contributed by atoms with Gasteiger partial charge in [0.25, 0.3) is 5.56 Å². The Morgan fingerprint density at radius 3 is 2.58 bits per heavy atom. The number of nitrogen functional groups attached to an aromatic ring is 2. The Kier molecular flexibility index (Phi) is 2.29. The van der Waals surface area contributed by atoms with Gasteiger partial charge in [0.1, 0.15) is 5.82 Å². The molecule has 12 heavy (non-hydrogen) atoms. The Hall–Kier alpha value is -1.56. The number of aromatic nitrogens is 2. The average Bonchev–Trinajstić information content (AvgIpc) is 1.96. The van der Waals surface area contributed by atoms with Crippen LogP contribution in [0, 0.1) is 0 Å². The lowest BCUT2D eigenvalue weighted by Crippen LogP contribution is -2.21. The minimum atomic E-state index is -0.314. The van der Waals surface area contributed by atoms with Gasteiger partial charge in [-0.15, -0.1) is 0 Å². The Morgan fingerprint density at radius 2 is 2.08 bits per heavy atom. The molecule has 1 rings (SSSR count). The molecule has 1 aromatic rings. The van der Waals surface area contributed by atoms with E-state index in [2.05, 4.69) is 9.97 Å². The lowest BCUT2D eigenvalue weighted by molar-refractivity contribution is 0.931. The number of nitrogens with zero attached hydrogens (tertiary/aromatic N) is 1. The van der Waals surface area contributed by atoms with Crippen LogP contribution in [-0.2, 0) is 6.42 Å². The third kappa shape index (κ3) is 1.54. The topological polar surface area (TPSA) is 124 Å². The zero-order chi connectivity index (χ0) is 9.14. The molecule has 0 aliphatic carbocycles. The number of nitrogens with two attached hydrogens (primary N) is 3. The van der Waals surface area contributed by atoms with Crippen molar-refractivity contribution in [2.45, 2.75) is 6.42 Å². The fourth-order valence-electron chi connectivity index (χ4n) is 0.919. The van der Waals surface area contributed by atoms with Crippen LogP contribution in [-0.4, -0.2) is 16.5 Å². The summed E-state index contributed by atoms with van der Waals surface area (Å²) >= 11 is 0.